The van der Waals surface area contributed by atoms with Crippen molar-refractivity contribution < 1.29 is 23.8 Å². The molecule has 1 aliphatic heterocycles. The molecule has 1 fully saturated rings. The minimum Gasteiger partial charge on any atom is -0.466 e. The van der Waals surface area contributed by atoms with Crippen LogP contribution in [-0.2, 0) is 25.2 Å². The maximum atomic E-state index is 13.2. The van der Waals surface area contributed by atoms with Crippen molar-refractivity contribution >= 4 is 28.5 Å². The molecule has 0 radical (unpaired) electrons. The normalized spacial score (nSPS) is 16.0. The summed E-state index contributed by atoms with van der Waals surface area (Å²) in [5.41, 5.74) is 2.68. The third kappa shape index (κ3) is 3.92. The average molecular weight is 449 g/mol. The Hall–Kier alpha value is -3.48. The van der Waals surface area contributed by atoms with E-state index in [2.05, 4.69) is 10.3 Å². The molecule has 2 aromatic carbocycles. The molecule has 7 heteroatoms. The second kappa shape index (κ2) is 7.83. The molecule has 1 amide bonds. The first-order chi connectivity index (χ1) is 15.8. The monoisotopic (exact) mass is 448 g/mol. The van der Waals surface area contributed by atoms with Crippen molar-refractivity contribution in [1.82, 2.24) is 4.98 Å². The number of aromatic nitrogens is 1. The molecule has 3 aromatic rings. The highest BCUT2D eigenvalue weighted by molar-refractivity contribution is 6.02. The number of hydrogen-bond acceptors (Lipinski definition) is 5. The molecule has 2 N–H and O–H groups in total. The van der Waals surface area contributed by atoms with Gasteiger partial charge in [0.15, 0.2) is 11.5 Å². The zero-order valence-corrected chi connectivity index (χ0v) is 19.1. The molecular weight excluding hydrogens is 420 g/mol. The molecule has 0 atom stereocenters. The van der Waals surface area contributed by atoms with Crippen LogP contribution in [0.25, 0.3) is 10.9 Å². The SMILES string of the molecule is CCOC(=O)CC(C)(C)c1cc2cc(NC(=O)C3(c4ccc5c(c4)OCO5)CC3)ccc2[nH]1. The predicted octanol–water partition coefficient (Wildman–Crippen LogP) is 4.80. The van der Waals surface area contributed by atoms with Gasteiger partial charge in [0.25, 0.3) is 0 Å². The van der Waals surface area contributed by atoms with E-state index in [1.165, 1.54) is 0 Å². The van der Waals surface area contributed by atoms with Crippen LogP contribution in [0.3, 0.4) is 0 Å². The number of carbonyl (C=O) groups is 2. The van der Waals surface area contributed by atoms with Crippen LogP contribution in [0, 0.1) is 0 Å². The number of benzene rings is 2. The number of rotatable bonds is 7. The minimum atomic E-state index is -0.527. The van der Waals surface area contributed by atoms with Crippen LogP contribution >= 0.6 is 0 Å². The van der Waals surface area contributed by atoms with Gasteiger partial charge in [0, 0.05) is 27.7 Å². The van der Waals surface area contributed by atoms with E-state index >= 15 is 0 Å². The molecule has 2 heterocycles. The number of esters is 1. The molecule has 5 rings (SSSR count). The zero-order valence-electron chi connectivity index (χ0n) is 19.1. The van der Waals surface area contributed by atoms with Crippen LogP contribution in [-0.4, -0.2) is 30.3 Å². The Morgan fingerprint density at radius 2 is 1.88 bits per heavy atom. The van der Waals surface area contributed by atoms with Crippen LogP contribution in [0.4, 0.5) is 5.69 Å². The Bertz CT molecular complexity index is 1240. The van der Waals surface area contributed by atoms with Gasteiger partial charge in [-0.2, -0.15) is 0 Å². The lowest BCUT2D eigenvalue weighted by Gasteiger charge is -2.22. The molecule has 7 nitrogen and oxygen atoms in total. The molecule has 172 valence electrons. The first-order valence-corrected chi connectivity index (χ1v) is 11.3. The quantitative estimate of drug-likeness (QED) is 0.507. The van der Waals surface area contributed by atoms with E-state index in [0.29, 0.717) is 12.4 Å². The summed E-state index contributed by atoms with van der Waals surface area (Å²) in [6.07, 6.45) is 1.89. The standard InChI is InChI=1S/C26H28N2O5/c1-4-31-23(29)14-25(2,3)22-12-16-11-18(6-7-19(16)28-22)27-24(30)26(9-10-26)17-5-8-20-21(13-17)33-15-32-20/h5-8,11-13,28H,4,9-10,14-15H2,1-3H3,(H,27,30). The van der Waals surface area contributed by atoms with Gasteiger partial charge in [0.05, 0.1) is 18.4 Å². The largest absolute Gasteiger partial charge is 0.466 e. The van der Waals surface area contributed by atoms with Crippen molar-refractivity contribution in [2.75, 3.05) is 18.7 Å². The van der Waals surface area contributed by atoms with Crippen molar-refractivity contribution in [1.29, 1.82) is 0 Å². The van der Waals surface area contributed by atoms with Crippen molar-refractivity contribution in [3.05, 3.63) is 53.7 Å². The Kier molecular flexibility index (Phi) is 5.07. The van der Waals surface area contributed by atoms with Gasteiger partial charge >= 0.3 is 5.97 Å². The Balaban J connectivity index is 1.34. The summed E-state index contributed by atoms with van der Waals surface area (Å²) in [6.45, 7) is 6.42. The second-order valence-corrected chi connectivity index (χ2v) is 9.45. The van der Waals surface area contributed by atoms with Gasteiger partial charge in [-0.25, -0.2) is 0 Å². The first-order valence-electron chi connectivity index (χ1n) is 11.3. The van der Waals surface area contributed by atoms with Crippen LogP contribution in [0.5, 0.6) is 11.5 Å². The number of aromatic amines is 1. The van der Waals surface area contributed by atoms with Gasteiger partial charge in [-0.1, -0.05) is 19.9 Å². The first kappa shape index (κ1) is 21.4. The summed E-state index contributed by atoms with van der Waals surface area (Å²) < 4.78 is 16.0. The van der Waals surface area contributed by atoms with Crippen molar-refractivity contribution in [3.8, 4) is 11.5 Å². The number of anilines is 1. The Morgan fingerprint density at radius 1 is 1.09 bits per heavy atom. The summed E-state index contributed by atoms with van der Waals surface area (Å²) in [7, 11) is 0. The van der Waals surface area contributed by atoms with Crippen molar-refractivity contribution in [2.24, 2.45) is 0 Å². The second-order valence-electron chi connectivity index (χ2n) is 9.45. The van der Waals surface area contributed by atoms with Crippen LogP contribution in [0.1, 0.15) is 51.3 Å². The van der Waals surface area contributed by atoms with Gasteiger partial charge in [-0.15, -0.1) is 0 Å². The highest BCUT2D eigenvalue weighted by atomic mass is 16.7. The molecular formula is C26H28N2O5. The van der Waals surface area contributed by atoms with Gasteiger partial charge in [-0.05, 0) is 61.7 Å². The van der Waals surface area contributed by atoms with E-state index in [-0.39, 0.29) is 25.1 Å². The van der Waals surface area contributed by atoms with Gasteiger partial charge in [0.2, 0.25) is 12.7 Å². The molecule has 33 heavy (non-hydrogen) atoms. The number of fused-ring (bicyclic) bond motifs is 2. The molecule has 0 saturated heterocycles. The van der Waals surface area contributed by atoms with Gasteiger partial charge in [0.1, 0.15) is 0 Å². The van der Waals surface area contributed by atoms with Gasteiger partial charge < -0.3 is 24.5 Å². The van der Waals surface area contributed by atoms with Crippen molar-refractivity contribution in [3.63, 3.8) is 0 Å². The lowest BCUT2D eigenvalue weighted by atomic mass is 9.86. The lowest BCUT2D eigenvalue weighted by molar-refractivity contribution is -0.144. The summed E-state index contributed by atoms with van der Waals surface area (Å²) in [6, 6.07) is 13.6. The number of nitrogens with one attached hydrogen (secondary N) is 2. The molecule has 0 bridgehead atoms. The fourth-order valence-electron chi connectivity index (χ4n) is 4.46. The Morgan fingerprint density at radius 3 is 2.64 bits per heavy atom. The molecule has 0 unspecified atom stereocenters. The number of ether oxygens (including phenoxy) is 3. The van der Waals surface area contributed by atoms with E-state index in [9.17, 15) is 9.59 Å². The van der Waals surface area contributed by atoms with E-state index in [1.54, 1.807) is 0 Å². The van der Waals surface area contributed by atoms with Gasteiger partial charge in [-0.3, -0.25) is 9.59 Å². The third-order valence-corrected chi connectivity index (χ3v) is 6.61. The summed E-state index contributed by atoms with van der Waals surface area (Å²) in [4.78, 5) is 28.7. The summed E-state index contributed by atoms with van der Waals surface area (Å²) >= 11 is 0. The molecule has 0 spiro atoms. The smallest absolute Gasteiger partial charge is 0.306 e. The molecule has 1 aliphatic carbocycles. The van der Waals surface area contributed by atoms with E-state index in [1.807, 2.05) is 63.2 Å². The average Bonchev–Trinajstić information content (AvgIpc) is 3.25. The third-order valence-electron chi connectivity index (χ3n) is 6.61. The van der Waals surface area contributed by atoms with Crippen LogP contribution < -0.4 is 14.8 Å². The summed E-state index contributed by atoms with van der Waals surface area (Å²) in [5, 5.41) is 4.08. The van der Waals surface area contributed by atoms with Crippen molar-refractivity contribution in [2.45, 2.75) is 50.9 Å². The van der Waals surface area contributed by atoms with E-state index < -0.39 is 10.8 Å². The zero-order chi connectivity index (χ0) is 23.2. The maximum absolute atomic E-state index is 13.2. The maximum Gasteiger partial charge on any atom is 0.306 e. The van der Waals surface area contributed by atoms with Crippen LogP contribution in [0.2, 0.25) is 0 Å². The fraction of sp³-hybridized carbons (Fsp3) is 0.385. The lowest BCUT2D eigenvalue weighted by Crippen LogP contribution is -2.27. The summed E-state index contributed by atoms with van der Waals surface area (Å²) in [5.74, 6) is 1.18. The molecule has 1 aromatic heterocycles. The molecule has 2 aliphatic rings. The highest BCUT2D eigenvalue weighted by Gasteiger charge is 2.51. The molecule has 1 saturated carbocycles. The van der Waals surface area contributed by atoms with E-state index in [4.69, 9.17) is 14.2 Å². The number of carbonyl (C=O) groups excluding carboxylic acids is 2. The van der Waals surface area contributed by atoms with Crippen LogP contribution in [0.15, 0.2) is 42.5 Å². The Labute approximate surface area is 192 Å². The number of H-pyrrole nitrogens is 1. The fourth-order valence-corrected chi connectivity index (χ4v) is 4.46. The minimum absolute atomic E-state index is 0.0147. The highest BCUT2D eigenvalue weighted by Crippen LogP contribution is 2.51. The number of hydrogen-bond donors (Lipinski definition) is 2. The topological polar surface area (TPSA) is 89.7 Å². The number of amides is 1. The predicted molar refractivity (Wildman–Crippen MR) is 125 cm³/mol. The van der Waals surface area contributed by atoms with E-state index in [0.717, 1.165) is 46.4 Å².